The smallest absolute Gasteiger partial charge is 0.262 e. The molecule has 0 bridgehead atoms. The molecular formula is C14H9N3O5-2. The monoisotopic (exact) mass is 299 g/mol. The van der Waals surface area contributed by atoms with Crippen LogP contribution in [-0.4, -0.2) is 17.1 Å². The number of nitro benzene ring substituents is 1. The van der Waals surface area contributed by atoms with Crippen molar-refractivity contribution in [2.75, 3.05) is 5.43 Å². The van der Waals surface area contributed by atoms with Crippen LogP contribution in [0.5, 0.6) is 5.75 Å². The number of para-hydroxylation sites is 1. The Bertz CT molecular complexity index is 758. The molecule has 2 rings (SSSR count). The molecule has 0 aliphatic heterocycles. The maximum absolute atomic E-state index is 11.3. The number of carbonyl (C=O) groups is 1. The minimum atomic E-state index is -1.36. The fraction of sp³-hybridized carbons (Fsp3) is 0. The van der Waals surface area contributed by atoms with Crippen molar-refractivity contribution in [3.05, 3.63) is 63.7 Å². The van der Waals surface area contributed by atoms with E-state index in [9.17, 15) is 25.1 Å². The van der Waals surface area contributed by atoms with Crippen molar-refractivity contribution in [3.8, 4) is 5.75 Å². The Morgan fingerprint density at radius 2 is 1.95 bits per heavy atom. The fourth-order valence-corrected chi connectivity index (χ4v) is 1.69. The summed E-state index contributed by atoms with van der Waals surface area (Å²) in [6.45, 7) is 0. The van der Waals surface area contributed by atoms with Gasteiger partial charge >= 0.3 is 0 Å². The largest absolute Gasteiger partial charge is 0.868 e. The molecule has 0 saturated carbocycles. The zero-order valence-electron chi connectivity index (χ0n) is 11.1. The lowest BCUT2D eigenvalue weighted by molar-refractivity contribution is -0.398. The summed E-state index contributed by atoms with van der Waals surface area (Å²) in [6, 6.07) is 9.51. The second-order valence-corrected chi connectivity index (χ2v) is 4.19. The molecule has 22 heavy (non-hydrogen) atoms. The molecule has 1 N–H and O–H groups in total. The van der Waals surface area contributed by atoms with Crippen LogP contribution in [0.3, 0.4) is 0 Å². The highest BCUT2D eigenvalue weighted by Gasteiger charge is 2.07. The standard InChI is InChI=1S/C14H11N3O5/c18-13-6-5-9(7-12(13)17(21)22)8-15-16-11-4-2-1-3-10(11)14(19)20/h1-8,16,18H,(H,19,20)/p-2. The molecule has 8 heteroatoms. The molecule has 0 fully saturated rings. The molecule has 0 radical (unpaired) electrons. The Morgan fingerprint density at radius 1 is 1.23 bits per heavy atom. The lowest BCUT2D eigenvalue weighted by Gasteiger charge is -2.09. The molecule has 0 amide bonds. The van der Waals surface area contributed by atoms with Crippen molar-refractivity contribution >= 4 is 23.6 Å². The van der Waals surface area contributed by atoms with E-state index in [1.54, 1.807) is 6.07 Å². The highest BCUT2D eigenvalue weighted by molar-refractivity contribution is 5.93. The van der Waals surface area contributed by atoms with Gasteiger partial charge in [0.25, 0.3) is 5.69 Å². The lowest BCUT2D eigenvalue weighted by atomic mass is 10.2. The molecule has 0 aliphatic carbocycles. The Balaban J connectivity index is 2.19. The van der Waals surface area contributed by atoms with Gasteiger partial charge in [-0.15, -0.1) is 0 Å². The molecule has 0 atom stereocenters. The molecule has 2 aromatic rings. The minimum absolute atomic E-state index is 0.0689. The molecule has 0 unspecified atom stereocenters. The third kappa shape index (κ3) is 3.37. The van der Waals surface area contributed by atoms with Crippen LogP contribution < -0.4 is 15.6 Å². The number of rotatable bonds is 5. The van der Waals surface area contributed by atoms with Crippen molar-refractivity contribution in [2.45, 2.75) is 0 Å². The Labute approximate surface area is 124 Å². The van der Waals surface area contributed by atoms with E-state index in [1.807, 2.05) is 0 Å². The summed E-state index contributed by atoms with van der Waals surface area (Å²) >= 11 is 0. The van der Waals surface area contributed by atoms with Gasteiger partial charge in [0.05, 0.1) is 22.8 Å². The third-order valence-electron chi connectivity index (χ3n) is 2.73. The summed E-state index contributed by atoms with van der Waals surface area (Å²) in [4.78, 5) is 20.8. The van der Waals surface area contributed by atoms with Gasteiger partial charge in [0.1, 0.15) is 0 Å². The molecule has 8 nitrogen and oxygen atoms in total. The summed E-state index contributed by atoms with van der Waals surface area (Å²) in [6.07, 6.45) is 1.23. The van der Waals surface area contributed by atoms with E-state index >= 15 is 0 Å². The first-order valence-electron chi connectivity index (χ1n) is 6.04. The van der Waals surface area contributed by atoms with Gasteiger partial charge in [-0.05, 0) is 11.8 Å². The van der Waals surface area contributed by atoms with E-state index in [-0.39, 0.29) is 11.3 Å². The van der Waals surface area contributed by atoms with Gasteiger partial charge in [-0.3, -0.25) is 15.5 Å². The second kappa shape index (κ2) is 6.35. The quantitative estimate of drug-likeness (QED) is 0.485. The SMILES string of the molecule is O=C([O-])c1ccccc1NN=Cc1ccc([O-])c([N+](=O)[O-])c1. The van der Waals surface area contributed by atoms with Gasteiger partial charge in [0.15, 0.2) is 0 Å². The van der Waals surface area contributed by atoms with Crippen molar-refractivity contribution in [3.63, 3.8) is 0 Å². The first-order valence-corrected chi connectivity index (χ1v) is 6.04. The van der Waals surface area contributed by atoms with Gasteiger partial charge in [-0.25, -0.2) is 0 Å². The normalized spacial score (nSPS) is 10.5. The Kier molecular flexibility index (Phi) is 4.33. The Hall–Kier alpha value is -3.42. The predicted octanol–water partition coefficient (Wildman–Crippen LogP) is 0.478. The molecule has 0 heterocycles. The number of nitrogens with one attached hydrogen (secondary N) is 1. The number of carbonyl (C=O) groups excluding carboxylic acids is 1. The van der Waals surface area contributed by atoms with Crippen molar-refractivity contribution < 1.29 is 19.9 Å². The number of carboxylic acid groups (broad SMARTS) is 1. The maximum Gasteiger partial charge on any atom is 0.262 e. The van der Waals surface area contributed by atoms with E-state index in [0.717, 1.165) is 12.1 Å². The molecular weight excluding hydrogens is 290 g/mol. The summed E-state index contributed by atoms with van der Waals surface area (Å²) in [5, 5.41) is 36.6. The van der Waals surface area contributed by atoms with E-state index in [2.05, 4.69) is 10.5 Å². The van der Waals surface area contributed by atoms with Crippen LogP contribution in [-0.2, 0) is 0 Å². The van der Waals surface area contributed by atoms with Gasteiger partial charge in [-0.1, -0.05) is 30.3 Å². The topological polar surface area (TPSA) is 131 Å². The number of anilines is 1. The number of nitrogens with zero attached hydrogens (tertiary/aromatic N) is 2. The van der Waals surface area contributed by atoms with Crippen LogP contribution in [0.25, 0.3) is 0 Å². The van der Waals surface area contributed by atoms with Gasteiger partial charge in [0.2, 0.25) is 0 Å². The summed E-state index contributed by atoms with van der Waals surface area (Å²) < 4.78 is 0. The zero-order valence-corrected chi connectivity index (χ0v) is 11.1. The van der Waals surface area contributed by atoms with Crippen LogP contribution in [0.2, 0.25) is 0 Å². The second-order valence-electron chi connectivity index (χ2n) is 4.19. The van der Waals surface area contributed by atoms with E-state index in [0.29, 0.717) is 5.56 Å². The summed E-state index contributed by atoms with van der Waals surface area (Å²) in [7, 11) is 0. The van der Waals surface area contributed by atoms with Crippen LogP contribution in [0.1, 0.15) is 15.9 Å². The average molecular weight is 299 g/mol. The third-order valence-corrected chi connectivity index (χ3v) is 2.73. The van der Waals surface area contributed by atoms with Crippen molar-refractivity contribution in [2.24, 2.45) is 5.10 Å². The van der Waals surface area contributed by atoms with Gasteiger partial charge in [0, 0.05) is 17.2 Å². The molecule has 2 aromatic carbocycles. The minimum Gasteiger partial charge on any atom is -0.868 e. The average Bonchev–Trinajstić information content (AvgIpc) is 2.49. The van der Waals surface area contributed by atoms with E-state index in [4.69, 9.17) is 0 Å². The number of hydrazone groups is 1. The van der Waals surface area contributed by atoms with Crippen LogP contribution in [0.4, 0.5) is 11.4 Å². The fourth-order valence-electron chi connectivity index (χ4n) is 1.69. The lowest BCUT2D eigenvalue weighted by Crippen LogP contribution is -2.23. The van der Waals surface area contributed by atoms with E-state index in [1.165, 1.54) is 30.5 Å². The van der Waals surface area contributed by atoms with Crippen LogP contribution in [0.15, 0.2) is 47.6 Å². The van der Waals surface area contributed by atoms with Crippen molar-refractivity contribution in [1.82, 2.24) is 0 Å². The highest BCUT2D eigenvalue weighted by Crippen LogP contribution is 2.23. The number of benzene rings is 2. The first kappa shape index (κ1) is 15.0. The number of carboxylic acids is 1. The summed E-state index contributed by atoms with van der Waals surface area (Å²) in [5.74, 6) is -2.05. The molecule has 0 aliphatic rings. The maximum atomic E-state index is 11.3. The van der Waals surface area contributed by atoms with Crippen LogP contribution in [0, 0.1) is 10.1 Å². The van der Waals surface area contributed by atoms with Crippen LogP contribution >= 0.6 is 0 Å². The predicted molar refractivity (Wildman–Crippen MR) is 74.5 cm³/mol. The number of hydrogen-bond acceptors (Lipinski definition) is 7. The molecule has 112 valence electrons. The first-order chi connectivity index (χ1) is 10.5. The number of aromatic carboxylic acids is 1. The van der Waals surface area contributed by atoms with Gasteiger partial charge < -0.3 is 15.0 Å². The Morgan fingerprint density at radius 3 is 2.64 bits per heavy atom. The van der Waals surface area contributed by atoms with Gasteiger partial charge in [-0.2, -0.15) is 5.10 Å². The zero-order chi connectivity index (χ0) is 16.1. The number of nitro groups is 1. The molecule has 0 spiro atoms. The van der Waals surface area contributed by atoms with E-state index < -0.39 is 22.3 Å². The summed E-state index contributed by atoms with van der Waals surface area (Å²) in [5.41, 5.74) is 2.42. The van der Waals surface area contributed by atoms with Crippen molar-refractivity contribution in [1.29, 1.82) is 0 Å². The molecule has 0 saturated heterocycles. The highest BCUT2D eigenvalue weighted by atomic mass is 16.6. The number of hydrogen-bond donors (Lipinski definition) is 1. The molecule has 0 aromatic heterocycles.